The van der Waals surface area contributed by atoms with Crippen molar-refractivity contribution in [3.8, 4) is 80.2 Å². The number of benzene rings is 12. The first-order chi connectivity index (χ1) is 64.0. The molecule has 0 N–H and O–H groups in total. The Morgan fingerprint density at radius 2 is 0.619 bits per heavy atom. The first-order valence-corrected chi connectivity index (χ1v) is 72.4. The first kappa shape index (κ1) is 97.9. The van der Waals surface area contributed by atoms with Gasteiger partial charge in [-0.3, -0.25) is 28.5 Å². The Morgan fingerprint density at radius 3 is 0.985 bits per heavy atom. The number of fused-ring (bicyclic) bond motifs is 24. The molecule has 664 valence electrons. The van der Waals surface area contributed by atoms with Gasteiger partial charge in [0.1, 0.15) is 34.9 Å². The summed E-state index contributed by atoms with van der Waals surface area (Å²) in [5.41, 5.74) is 27.2. The SMILES string of the molecule is CC(C)c1cccc(C(C)C)c1-c1cnc2c3[c-]c(Oc4[c-]c5c(cc4)c4cc(C#N)c(C#N)cc4n4c(-c6c(C(C)C)cccc6C(C)C)cnc54)ccc3c3ccccc3n12.[C-]#[N+]c1cc2c3ccc(Oc4ccc5c6ccccc6n6c(-c7c(C(C)C)cccc7C(C)C)cnc6c5c4)cc3c3ncc(-c4c(C(C)C)cccc4C(C)C)n3c2cc1[N+]#[C-].[Cl][Pt]([Cl])([Cl])[Cl].[K][K].[Pt+2]. The molecule has 20 rings (SSSR count). The minimum absolute atomic E-state index is 0. The van der Waals surface area contributed by atoms with Gasteiger partial charge in [-0.25, -0.2) is 9.97 Å². The van der Waals surface area contributed by atoms with Crippen molar-refractivity contribution in [2.24, 2.45) is 0 Å². The van der Waals surface area contributed by atoms with Crippen molar-refractivity contribution in [1.82, 2.24) is 37.5 Å². The van der Waals surface area contributed by atoms with Crippen LogP contribution in [0, 0.1) is 47.9 Å². The van der Waals surface area contributed by atoms with Crippen molar-refractivity contribution in [3.63, 3.8) is 0 Å². The van der Waals surface area contributed by atoms with Crippen LogP contribution in [0.2, 0.25) is 0 Å². The van der Waals surface area contributed by atoms with E-state index in [2.05, 4.69) is 314 Å². The number of hydrogen-bond donors (Lipinski definition) is 0. The van der Waals surface area contributed by atoms with Crippen LogP contribution in [0.4, 0.5) is 11.4 Å². The summed E-state index contributed by atoms with van der Waals surface area (Å²) in [7, 11) is 20.0. The van der Waals surface area contributed by atoms with Gasteiger partial charge in [0.15, 0.2) is 11.4 Å². The number of pyridine rings is 4. The number of rotatable bonds is 16. The third kappa shape index (κ3) is 18.2. The van der Waals surface area contributed by atoms with Crippen molar-refractivity contribution in [3.05, 3.63) is 322 Å². The van der Waals surface area contributed by atoms with Crippen LogP contribution in [0.15, 0.2) is 231 Å². The smallest absolute Gasteiger partial charge is 2.00 e. The zero-order valence-corrected chi connectivity index (χ0v) is 91.7. The molecule has 0 fully saturated rings. The molecule has 12 aromatic carbocycles. The second-order valence-electron chi connectivity index (χ2n) is 36.1. The summed E-state index contributed by atoms with van der Waals surface area (Å²) in [6, 6.07) is 83.0. The van der Waals surface area contributed by atoms with Crippen LogP contribution < -0.4 is 9.47 Å². The maximum atomic E-state index is 10.2. The number of hydrogen-bond acceptors (Lipinski definition) is 8. The molecular weight excluding hydrogens is 2160 g/mol. The molecule has 0 aliphatic rings. The largest absolute Gasteiger partial charge is 2.00 e. The van der Waals surface area contributed by atoms with E-state index in [1.54, 1.807) is 0 Å². The first-order valence-electron chi connectivity index (χ1n) is 45.2. The minimum Gasteiger partial charge on any atom is 2.00 e. The molecule has 0 spiro atoms. The summed E-state index contributed by atoms with van der Waals surface area (Å²) in [6.07, 6.45) is 7.96. The molecule has 0 unspecified atom stereocenters. The van der Waals surface area contributed by atoms with Gasteiger partial charge in [-0.15, -0.1) is 12.1 Å². The molecule has 0 aliphatic carbocycles. The molecular formula is C112H94Cl4K2N12O2Pt2. The Morgan fingerprint density at radius 1 is 0.328 bits per heavy atom. The normalized spacial score (nSPS) is 11.9. The summed E-state index contributed by atoms with van der Waals surface area (Å²) < 4.78 is 22.5. The van der Waals surface area contributed by atoms with Crippen molar-refractivity contribution < 1.29 is 42.4 Å². The van der Waals surface area contributed by atoms with E-state index in [4.69, 9.17) is 80.2 Å². The maximum absolute atomic E-state index is 10.2. The standard InChI is InChI=1S/C56H48N6O.C56H46N6O.4ClH.2K.2Pt/c1-31(2)37-16-13-17-38(32(3)4)53(37)51-29-59-55-45-25-35(21-23-41(45)43-15-11-12-20-49(43)61(51)55)63-36-22-24-42-44-27-47(57-9)48(58-10)28-50(44)62-52(30-60-56(62)46(42)26-36)54-39(33(5)6)18-14-19-40(54)34(7)8;1-31(2)39-14-11-15-40(32(3)4)53(39)51-29-59-55-47-25-37(19-21-43(47)45-13-9-10-18-49(45)61(51)55)63-38-20-22-44-46-23-35(27-57)36(28-58)24-50(46)62-52(30-60-56(62)48(44)26-38)54-41(33(5)6)16-12-17-42(54)34(7)8;;;;;;;;/h11-34H,1-8H3;9-24,29-34H,1-8H3;4*1H;;;;/q;-2;;;;;;;+2;+4/p-4. The summed E-state index contributed by atoms with van der Waals surface area (Å²) in [5.74, 6) is 4.75. The van der Waals surface area contributed by atoms with Crippen LogP contribution >= 0.6 is 37.7 Å². The third-order valence-corrected chi connectivity index (χ3v) is 25.4. The molecule has 0 radical (unpaired) electrons. The zero-order chi connectivity index (χ0) is 94.2. The third-order valence-electron chi connectivity index (χ3n) is 25.4. The summed E-state index contributed by atoms with van der Waals surface area (Å²) in [4.78, 5) is 28.1. The van der Waals surface area contributed by atoms with Gasteiger partial charge in [-0.2, -0.15) is 10.5 Å². The predicted octanol–water partition coefficient (Wildman–Crippen LogP) is 32.9. The molecule has 0 aliphatic heterocycles. The van der Waals surface area contributed by atoms with Gasteiger partial charge >= 0.3 is 134 Å². The van der Waals surface area contributed by atoms with Gasteiger partial charge in [0.05, 0.1) is 76.3 Å². The predicted molar refractivity (Wildman–Crippen MR) is 550 cm³/mol. The summed E-state index contributed by atoms with van der Waals surface area (Å²) in [5, 5.41) is 31.7. The van der Waals surface area contributed by atoms with E-state index in [0.29, 0.717) is 74.8 Å². The Hall–Kier alpha value is -9.15. The molecule has 0 saturated heterocycles. The molecule has 0 atom stereocenters. The van der Waals surface area contributed by atoms with Crippen molar-refractivity contribution in [2.45, 2.75) is 158 Å². The Bertz CT molecular complexity index is 7710. The number of halogens is 4. The van der Waals surface area contributed by atoms with Crippen molar-refractivity contribution in [2.75, 3.05) is 0 Å². The molecule has 8 heterocycles. The van der Waals surface area contributed by atoms with Crippen LogP contribution in [-0.2, 0) is 33.0 Å². The summed E-state index contributed by atoms with van der Waals surface area (Å²) in [6.45, 7) is 51.8. The Balaban J connectivity index is 0.000000181. The number of nitriles is 2. The van der Waals surface area contributed by atoms with Crippen molar-refractivity contribution in [1.29, 1.82) is 10.5 Å². The van der Waals surface area contributed by atoms with Gasteiger partial charge in [-0.05, 0) is 186 Å². The summed E-state index contributed by atoms with van der Waals surface area (Å²) >= 11 is -0.556. The number of imidazole rings is 4. The van der Waals surface area contributed by atoms with E-state index in [9.17, 15) is 10.5 Å². The van der Waals surface area contributed by atoms with Crippen LogP contribution in [0.3, 0.4) is 0 Å². The van der Waals surface area contributed by atoms with Crippen LogP contribution in [-0.4, -0.2) is 101 Å². The van der Waals surface area contributed by atoms with E-state index in [1.807, 2.05) is 79.4 Å². The molecule has 0 bridgehead atoms. The van der Waals surface area contributed by atoms with E-state index < -0.39 is 11.9 Å². The fraction of sp³-hybridized carbons (Fsp3) is 0.214. The number of aromatic nitrogens is 8. The van der Waals surface area contributed by atoms with Crippen LogP contribution in [0.5, 0.6) is 23.0 Å². The van der Waals surface area contributed by atoms with E-state index in [1.165, 1.54) is 119 Å². The Kier molecular flexibility index (Phi) is 29.6. The quantitative estimate of drug-likeness (QED) is 0.0528. The van der Waals surface area contributed by atoms with Crippen molar-refractivity contribution >= 4 is 221 Å². The molecule has 20 aromatic rings. The van der Waals surface area contributed by atoms with Gasteiger partial charge in [-0.1, -0.05) is 272 Å². The Labute approximate surface area is 860 Å². The topological polar surface area (TPSA) is 144 Å². The fourth-order valence-corrected chi connectivity index (χ4v) is 19.5. The molecule has 0 saturated carbocycles. The van der Waals surface area contributed by atoms with Gasteiger partial charge in [0, 0.05) is 78.9 Å². The molecule has 22 heteroatoms. The van der Waals surface area contributed by atoms with E-state index in [0.717, 1.165) is 138 Å². The number of para-hydroxylation sites is 2. The van der Waals surface area contributed by atoms with E-state index >= 15 is 0 Å². The molecule has 8 aromatic heterocycles. The second kappa shape index (κ2) is 40.5. The number of ether oxygens (including phenoxy) is 2. The maximum Gasteiger partial charge on any atom is 2.00 e. The molecule has 0 amide bonds. The average molecular weight is 2250 g/mol. The monoisotopic (exact) mass is 2250 g/mol. The van der Waals surface area contributed by atoms with Gasteiger partial charge in [0.2, 0.25) is 0 Å². The zero-order valence-electron chi connectivity index (χ0n) is 77.9. The van der Waals surface area contributed by atoms with Crippen LogP contribution in [0.25, 0.3) is 164 Å². The fourth-order valence-electron chi connectivity index (χ4n) is 19.5. The van der Waals surface area contributed by atoms with Crippen LogP contribution in [0.1, 0.15) is 214 Å². The minimum atomic E-state index is -3.06. The van der Waals surface area contributed by atoms with E-state index in [-0.39, 0.29) is 44.7 Å². The average Bonchev–Trinajstić information content (AvgIpc) is 1.18. The second-order valence-corrected chi connectivity index (χ2v) is 55.8. The van der Waals surface area contributed by atoms with Gasteiger partial charge in [0.25, 0.3) is 0 Å². The van der Waals surface area contributed by atoms with Gasteiger partial charge < -0.3 is 18.3 Å². The number of nitrogens with zero attached hydrogens (tertiary/aromatic N) is 12. The molecule has 134 heavy (non-hydrogen) atoms. The molecule has 14 nitrogen and oxygen atoms in total.